The first-order chi connectivity index (χ1) is 14.4. The van der Waals surface area contributed by atoms with E-state index in [-0.39, 0.29) is 19.1 Å². The average molecular weight is 446 g/mol. The molecule has 0 unspecified atom stereocenters. The number of ether oxygens (including phenoxy) is 2. The third-order valence-electron chi connectivity index (χ3n) is 4.22. The van der Waals surface area contributed by atoms with Crippen molar-refractivity contribution in [1.29, 1.82) is 0 Å². The SMILES string of the molecule is CCOC(=O)c1sc(NC(=O)c2sc(COc3ccc(CC)cc3)nc2C)nc1C. The predicted molar refractivity (Wildman–Crippen MR) is 118 cm³/mol. The quantitative estimate of drug-likeness (QED) is 0.502. The molecule has 3 aromatic rings. The summed E-state index contributed by atoms with van der Waals surface area (Å²) in [5.74, 6) is 0.0110. The van der Waals surface area contributed by atoms with Gasteiger partial charge in [-0.3, -0.25) is 10.1 Å². The highest BCUT2D eigenvalue weighted by Crippen LogP contribution is 2.26. The van der Waals surface area contributed by atoms with Gasteiger partial charge in [0.15, 0.2) is 5.13 Å². The molecule has 0 saturated carbocycles. The summed E-state index contributed by atoms with van der Waals surface area (Å²) >= 11 is 2.37. The molecule has 7 nitrogen and oxygen atoms in total. The van der Waals surface area contributed by atoms with E-state index in [0.29, 0.717) is 31.3 Å². The van der Waals surface area contributed by atoms with Crippen LogP contribution in [0.2, 0.25) is 0 Å². The van der Waals surface area contributed by atoms with Gasteiger partial charge in [0.05, 0.1) is 18.0 Å². The minimum Gasteiger partial charge on any atom is -0.486 e. The van der Waals surface area contributed by atoms with Crippen LogP contribution in [0.25, 0.3) is 0 Å². The van der Waals surface area contributed by atoms with Crippen molar-refractivity contribution >= 4 is 39.7 Å². The van der Waals surface area contributed by atoms with Crippen molar-refractivity contribution in [3.8, 4) is 5.75 Å². The van der Waals surface area contributed by atoms with Crippen molar-refractivity contribution in [3.05, 3.63) is 56.0 Å². The molecular formula is C21H23N3O4S2. The molecule has 0 aliphatic heterocycles. The number of thiazole rings is 2. The smallest absolute Gasteiger partial charge is 0.350 e. The Labute approximate surface area is 183 Å². The molecule has 30 heavy (non-hydrogen) atoms. The van der Waals surface area contributed by atoms with Crippen molar-refractivity contribution in [3.63, 3.8) is 0 Å². The molecule has 3 rings (SSSR count). The zero-order valence-electron chi connectivity index (χ0n) is 17.3. The Morgan fingerprint density at radius 2 is 1.70 bits per heavy atom. The van der Waals surface area contributed by atoms with Crippen molar-refractivity contribution < 1.29 is 19.1 Å². The number of anilines is 1. The number of esters is 1. The summed E-state index contributed by atoms with van der Waals surface area (Å²) in [5.41, 5.74) is 2.39. The molecule has 0 aliphatic carbocycles. The zero-order valence-corrected chi connectivity index (χ0v) is 18.9. The number of aromatic nitrogens is 2. The van der Waals surface area contributed by atoms with Crippen LogP contribution >= 0.6 is 22.7 Å². The van der Waals surface area contributed by atoms with Crippen LogP contribution in [0.3, 0.4) is 0 Å². The van der Waals surface area contributed by atoms with Crippen LogP contribution in [0.15, 0.2) is 24.3 Å². The fraction of sp³-hybridized carbons (Fsp3) is 0.333. The summed E-state index contributed by atoms with van der Waals surface area (Å²) in [6.45, 7) is 7.90. The highest BCUT2D eigenvalue weighted by atomic mass is 32.1. The summed E-state index contributed by atoms with van der Waals surface area (Å²) in [4.78, 5) is 34.2. The molecule has 0 bridgehead atoms. The van der Waals surface area contributed by atoms with E-state index in [0.717, 1.165) is 23.5 Å². The Morgan fingerprint density at radius 3 is 2.37 bits per heavy atom. The van der Waals surface area contributed by atoms with Gasteiger partial charge in [-0.05, 0) is 44.9 Å². The lowest BCUT2D eigenvalue weighted by Gasteiger charge is -2.04. The third kappa shape index (κ3) is 5.22. The minimum atomic E-state index is -0.437. The van der Waals surface area contributed by atoms with Crippen molar-refractivity contribution in [1.82, 2.24) is 9.97 Å². The van der Waals surface area contributed by atoms with Crippen LogP contribution in [0.1, 0.15) is 55.1 Å². The molecule has 2 aromatic heterocycles. The van der Waals surface area contributed by atoms with E-state index in [9.17, 15) is 9.59 Å². The van der Waals surface area contributed by atoms with E-state index >= 15 is 0 Å². The maximum Gasteiger partial charge on any atom is 0.350 e. The normalized spacial score (nSPS) is 10.7. The molecule has 1 amide bonds. The van der Waals surface area contributed by atoms with Gasteiger partial charge in [0.2, 0.25) is 0 Å². The minimum absolute atomic E-state index is 0.283. The lowest BCUT2D eigenvalue weighted by atomic mass is 10.2. The Hall–Kier alpha value is -2.78. The molecule has 0 radical (unpaired) electrons. The first-order valence-corrected chi connectivity index (χ1v) is 11.2. The molecule has 0 spiro atoms. The van der Waals surface area contributed by atoms with Crippen LogP contribution in [-0.4, -0.2) is 28.5 Å². The molecular weight excluding hydrogens is 422 g/mol. The number of hydrogen-bond donors (Lipinski definition) is 1. The zero-order chi connectivity index (χ0) is 21.7. The van der Waals surface area contributed by atoms with E-state index in [1.54, 1.807) is 20.8 Å². The third-order valence-corrected chi connectivity index (χ3v) is 6.40. The van der Waals surface area contributed by atoms with Crippen molar-refractivity contribution in [2.45, 2.75) is 40.7 Å². The largest absolute Gasteiger partial charge is 0.486 e. The molecule has 2 heterocycles. The highest BCUT2D eigenvalue weighted by Gasteiger charge is 2.20. The van der Waals surface area contributed by atoms with Gasteiger partial charge in [0, 0.05) is 0 Å². The summed E-state index contributed by atoms with van der Waals surface area (Å²) in [7, 11) is 0. The fourth-order valence-electron chi connectivity index (χ4n) is 2.68. The van der Waals surface area contributed by atoms with E-state index in [4.69, 9.17) is 9.47 Å². The summed E-state index contributed by atoms with van der Waals surface area (Å²) in [6.07, 6.45) is 0.977. The number of hydrogen-bond acceptors (Lipinski definition) is 8. The molecule has 9 heteroatoms. The number of benzene rings is 1. The van der Waals surface area contributed by atoms with Crippen molar-refractivity contribution in [2.24, 2.45) is 0 Å². The van der Waals surface area contributed by atoms with Gasteiger partial charge in [-0.2, -0.15) is 0 Å². The van der Waals surface area contributed by atoms with E-state index in [1.165, 1.54) is 16.9 Å². The second-order valence-corrected chi connectivity index (χ2v) is 8.50. The number of amides is 1. The molecule has 158 valence electrons. The van der Waals surface area contributed by atoms with Crippen molar-refractivity contribution in [2.75, 3.05) is 11.9 Å². The highest BCUT2D eigenvalue weighted by molar-refractivity contribution is 7.18. The van der Waals surface area contributed by atoms with Gasteiger partial charge in [0.25, 0.3) is 5.91 Å². The number of rotatable bonds is 8. The van der Waals surface area contributed by atoms with Crippen LogP contribution in [0.4, 0.5) is 5.13 Å². The maximum atomic E-state index is 12.7. The topological polar surface area (TPSA) is 90.4 Å². The molecule has 0 saturated heterocycles. The van der Waals surface area contributed by atoms with Crippen LogP contribution in [-0.2, 0) is 17.8 Å². The maximum absolute atomic E-state index is 12.7. The van der Waals surface area contributed by atoms with E-state index < -0.39 is 5.97 Å². The average Bonchev–Trinajstić information content (AvgIpc) is 3.29. The second kappa shape index (κ2) is 9.82. The van der Waals surface area contributed by atoms with Crippen LogP contribution < -0.4 is 10.1 Å². The van der Waals surface area contributed by atoms with Gasteiger partial charge in [-0.15, -0.1) is 11.3 Å². The van der Waals surface area contributed by atoms with Gasteiger partial charge < -0.3 is 9.47 Å². The first kappa shape index (κ1) is 21.9. The molecule has 1 aromatic carbocycles. The van der Waals surface area contributed by atoms with Gasteiger partial charge in [-0.1, -0.05) is 30.4 Å². The molecule has 0 fully saturated rings. The van der Waals surface area contributed by atoms with E-state index in [1.807, 2.05) is 24.3 Å². The Balaban J connectivity index is 1.65. The fourth-order valence-corrected chi connectivity index (χ4v) is 4.41. The number of aryl methyl sites for hydroxylation is 3. The number of carbonyl (C=O) groups is 2. The Morgan fingerprint density at radius 1 is 1.00 bits per heavy atom. The summed E-state index contributed by atoms with van der Waals surface area (Å²) < 4.78 is 10.8. The summed E-state index contributed by atoms with van der Waals surface area (Å²) in [5, 5.41) is 3.80. The summed E-state index contributed by atoms with van der Waals surface area (Å²) in [6, 6.07) is 7.92. The van der Waals surface area contributed by atoms with Gasteiger partial charge in [-0.25, -0.2) is 14.8 Å². The lowest BCUT2D eigenvalue weighted by Crippen LogP contribution is -2.11. The van der Waals surface area contributed by atoms with Gasteiger partial charge in [0.1, 0.15) is 27.1 Å². The van der Waals surface area contributed by atoms with Gasteiger partial charge >= 0.3 is 5.97 Å². The molecule has 1 N–H and O–H groups in total. The second-order valence-electron chi connectivity index (χ2n) is 6.42. The predicted octanol–water partition coefficient (Wildman–Crippen LogP) is 4.79. The number of nitrogens with zero attached hydrogens (tertiary/aromatic N) is 2. The van der Waals surface area contributed by atoms with Crippen LogP contribution in [0.5, 0.6) is 5.75 Å². The monoisotopic (exact) mass is 445 g/mol. The molecule has 0 aliphatic rings. The molecule has 0 atom stereocenters. The Kier molecular flexibility index (Phi) is 7.17. The number of carbonyl (C=O) groups excluding carboxylic acids is 2. The number of nitrogens with one attached hydrogen (secondary N) is 1. The standard InChI is InChI=1S/C21H23N3O4S2/c1-5-14-7-9-15(10-8-14)28-11-16-22-12(3)17(29-16)19(25)24-21-23-13(4)18(30-21)20(26)27-6-2/h7-10H,5-6,11H2,1-4H3,(H,23,24,25). The van der Waals surface area contributed by atoms with Crippen LogP contribution in [0, 0.1) is 13.8 Å². The first-order valence-electron chi connectivity index (χ1n) is 9.55. The lowest BCUT2D eigenvalue weighted by molar-refractivity contribution is 0.0531. The van der Waals surface area contributed by atoms with E-state index in [2.05, 4.69) is 22.2 Å². The Bertz CT molecular complexity index is 1040.